The second kappa shape index (κ2) is 47.3. The lowest BCUT2D eigenvalue weighted by Gasteiger charge is -2.37. The summed E-state index contributed by atoms with van der Waals surface area (Å²) in [6.07, 6.45) is -0.483. The minimum atomic E-state index is -1.89. The molecule has 1 aliphatic rings. The summed E-state index contributed by atoms with van der Waals surface area (Å²) in [5.41, 5.74) is -2.98. The van der Waals surface area contributed by atoms with Gasteiger partial charge in [-0.3, -0.25) is 95.9 Å². The molecule has 0 radical (unpaired) electrons. The van der Waals surface area contributed by atoms with Crippen molar-refractivity contribution in [3.63, 3.8) is 0 Å². The Bertz CT molecular complexity index is 3840. The quantitative estimate of drug-likeness (QED) is 0.0294. The van der Waals surface area contributed by atoms with Crippen molar-refractivity contribution in [3.8, 4) is 0 Å². The van der Waals surface area contributed by atoms with Gasteiger partial charge in [-0.15, -0.1) is 0 Å². The van der Waals surface area contributed by atoms with Crippen molar-refractivity contribution in [1.82, 2.24) is 95.3 Å². The standard InChI is InChI=1S/C82H144N20O21/c1-27-81(25,99-65(114)53(38-45(7)8)89-60(109)47(11)87-58(107)40-85-67(116)75(13,14)94-48(12)104)72(121)92-51(32-34-57(84)106)62(111)96-77(17,18)69(118)93-54(39-46(9)10)64(113)97-76(15,16)68(117)86-41-59(108)95-82(26,28-2)73(122)101-80(23,24)74(123)102-35-29-30-55(102)66(115)90-52(37-44(5)6)63(112)98-79(21,22)71(120)100-78(19,20)70(119)91-50(31-33-56(83)105)61(110)88-49(42-103)36-43(3)4/h43-47,49-55,103H,27-42H2,1-26H3,(H2,83,105)(H2,84,106)(H,85,116)(H,86,117)(H,87,107)(H,88,110)(H,89,109)(H,90,115)(H,91,119)(H,92,121)(H,93,118)(H,94,104)(H,95,108)(H,96,111)(H,97,113)(H,98,112)(H,99,114)(H,100,120)(H,101,122)/t47-,49+,50+,51-,52+,53-,54-,55+,81-,82+/m1/s1. The van der Waals surface area contributed by atoms with E-state index < -0.39 is 243 Å². The van der Waals surface area contributed by atoms with Crippen molar-refractivity contribution >= 4 is 118 Å². The highest BCUT2D eigenvalue weighted by Gasteiger charge is 2.48. The lowest BCUT2D eigenvalue weighted by atomic mass is 9.94. The van der Waals surface area contributed by atoms with Crippen LogP contribution in [0.25, 0.3) is 0 Å². The molecule has 1 saturated heterocycles. The Labute approximate surface area is 722 Å². The van der Waals surface area contributed by atoms with E-state index in [0.29, 0.717) is 12.8 Å². The Morgan fingerprint density at radius 1 is 0.374 bits per heavy atom. The van der Waals surface area contributed by atoms with Crippen LogP contribution in [0, 0.1) is 23.7 Å². The van der Waals surface area contributed by atoms with Crippen LogP contribution in [0.15, 0.2) is 0 Å². The molecule has 41 heteroatoms. The number of nitrogens with zero attached hydrogens (tertiary/aromatic N) is 1. The van der Waals surface area contributed by atoms with Crippen molar-refractivity contribution < 1.29 is 101 Å². The van der Waals surface area contributed by atoms with Crippen LogP contribution in [0.2, 0.25) is 0 Å². The van der Waals surface area contributed by atoms with Gasteiger partial charge in [0.25, 0.3) is 0 Å². The van der Waals surface area contributed by atoms with Crippen LogP contribution < -0.4 is 102 Å². The number of nitrogens with two attached hydrogens (primary N) is 2. The van der Waals surface area contributed by atoms with Gasteiger partial charge in [-0.25, -0.2) is 0 Å². The highest BCUT2D eigenvalue weighted by atomic mass is 16.3. The Hall–Kier alpha value is -10.6. The molecule has 20 amide bonds. The van der Waals surface area contributed by atoms with E-state index in [9.17, 15) is 101 Å². The van der Waals surface area contributed by atoms with Gasteiger partial charge in [0.2, 0.25) is 118 Å². The third-order valence-corrected chi connectivity index (χ3v) is 20.6. The summed E-state index contributed by atoms with van der Waals surface area (Å²) < 4.78 is 0. The van der Waals surface area contributed by atoms with E-state index in [1.807, 2.05) is 13.8 Å². The van der Waals surface area contributed by atoms with E-state index in [1.54, 1.807) is 55.4 Å². The van der Waals surface area contributed by atoms with Crippen LogP contribution in [0.1, 0.15) is 257 Å². The summed E-state index contributed by atoms with van der Waals surface area (Å²) in [6, 6.07) is -9.84. The van der Waals surface area contributed by atoms with Crippen LogP contribution in [-0.4, -0.2) is 247 Å². The zero-order valence-corrected chi connectivity index (χ0v) is 77.0. The smallest absolute Gasteiger partial charge is 0.248 e. The topological polar surface area (TPSA) is 621 Å². The molecule has 123 heavy (non-hydrogen) atoms. The number of primary amides is 2. The van der Waals surface area contributed by atoms with E-state index in [1.165, 1.54) is 116 Å². The minimum Gasteiger partial charge on any atom is -0.394 e. The van der Waals surface area contributed by atoms with Gasteiger partial charge in [0.15, 0.2) is 0 Å². The van der Waals surface area contributed by atoms with Crippen LogP contribution in [0.3, 0.4) is 0 Å². The largest absolute Gasteiger partial charge is 0.394 e. The van der Waals surface area contributed by atoms with Gasteiger partial charge in [-0.2, -0.15) is 0 Å². The summed E-state index contributed by atoms with van der Waals surface area (Å²) in [4.78, 5) is 273. The lowest BCUT2D eigenvalue weighted by molar-refractivity contribution is -0.146. The summed E-state index contributed by atoms with van der Waals surface area (Å²) in [7, 11) is 0. The lowest BCUT2D eigenvalue weighted by Crippen LogP contribution is -2.66. The fourth-order valence-corrected chi connectivity index (χ4v) is 12.7. The van der Waals surface area contributed by atoms with Crippen molar-refractivity contribution in [3.05, 3.63) is 0 Å². The monoisotopic (exact) mass is 1750 g/mol. The fourth-order valence-electron chi connectivity index (χ4n) is 12.7. The summed E-state index contributed by atoms with van der Waals surface area (Å²) >= 11 is 0. The maximum atomic E-state index is 14.5. The Morgan fingerprint density at radius 3 is 1.18 bits per heavy atom. The molecule has 10 atom stereocenters. The Balaban J connectivity index is 3.25. The molecule has 0 spiro atoms. The van der Waals surface area contributed by atoms with Gasteiger partial charge in [0, 0.05) is 26.3 Å². The fraction of sp³-hybridized carbons (Fsp3) is 0.756. The van der Waals surface area contributed by atoms with Gasteiger partial charge >= 0.3 is 0 Å². The number of aliphatic hydroxyl groups is 1. The SMILES string of the molecule is CC[C@@](C)(NC(=O)[C@@H](CC(C)C)NC(=O)[C@@H](C)NC(=O)CNC(=O)C(C)(C)NC(C)=O)C(=O)N[C@H](CCC(N)=O)C(=O)NC(C)(C)C(=O)N[C@H](CC(C)C)C(=O)NC(C)(C)C(=O)NCC(=O)N[C@@](C)(CC)C(=O)NC(C)(C)C(=O)N1CCC[C@H]1C(=O)N[C@@H](CC(C)C)C(=O)NC(C)(C)C(=O)NC(C)(C)C(=O)N[C@@H](CCC(N)=O)C(=O)N[C@H](CO)CC(C)C. The molecule has 0 aromatic carbocycles. The predicted molar refractivity (Wildman–Crippen MR) is 454 cm³/mol. The van der Waals surface area contributed by atoms with E-state index in [-0.39, 0.29) is 81.6 Å². The number of carbonyl (C=O) groups is 20. The van der Waals surface area contributed by atoms with E-state index in [2.05, 4.69) is 90.4 Å². The minimum absolute atomic E-state index is 0.0191. The number of aliphatic hydroxyl groups excluding tert-OH is 1. The third kappa shape index (κ3) is 36.4. The number of hydrogen-bond acceptors (Lipinski definition) is 21. The molecule has 1 rings (SSSR count). The predicted octanol–water partition coefficient (Wildman–Crippen LogP) is -2.71. The summed E-state index contributed by atoms with van der Waals surface area (Å²) in [5.74, 6) is -16.7. The molecule has 0 bridgehead atoms. The number of nitrogens with one attached hydrogen (secondary N) is 17. The highest BCUT2D eigenvalue weighted by molar-refractivity contribution is 6.04. The summed E-state index contributed by atoms with van der Waals surface area (Å²) in [5, 5.41) is 53.7. The molecule has 1 aliphatic heterocycles. The second-order valence-corrected chi connectivity index (χ2v) is 37.1. The molecule has 1 heterocycles. The first-order valence-electron chi connectivity index (χ1n) is 41.9. The first-order chi connectivity index (χ1) is 56.2. The van der Waals surface area contributed by atoms with Crippen LogP contribution in [0.4, 0.5) is 0 Å². The maximum absolute atomic E-state index is 14.5. The molecular formula is C82H144N20O21. The van der Waals surface area contributed by atoms with E-state index in [4.69, 9.17) is 11.5 Å². The van der Waals surface area contributed by atoms with Crippen molar-refractivity contribution in [2.75, 3.05) is 26.2 Å². The number of carbonyl (C=O) groups excluding carboxylic acids is 20. The maximum Gasteiger partial charge on any atom is 0.248 e. The van der Waals surface area contributed by atoms with Crippen LogP contribution in [0.5, 0.6) is 0 Å². The number of amides is 20. The number of hydrogen-bond donors (Lipinski definition) is 20. The zero-order chi connectivity index (χ0) is 95.4. The van der Waals surface area contributed by atoms with Crippen molar-refractivity contribution in [2.24, 2.45) is 35.1 Å². The molecule has 0 aromatic rings. The number of likely N-dealkylation sites (tertiary alicyclic amines) is 1. The van der Waals surface area contributed by atoms with E-state index >= 15 is 0 Å². The molecule has 0 saturated carbocycles. The molecule has 22 N–H and O–H groups in total. The van der Waals surface area contributed by atoms with Gasteiger partial charge < -0.3 is 112 Å². The average molecular weight is 1750 g/mol. The Morgan fingerprint density at radius 2 is 0.740 bits per heavy atom. The van der Waals surface area contributed by atoms with Crippen LogP contribution >= 0.6 is 0 Å². The molecule has 0 aromatic heterocycles. The van der Waals surface area contributed by atoms with Crippen molar-refractivity contribution in [2.45, 2.75) is 350 Å². The van der Waals surface area contributed by atoms with Gasteiger partial charge in [0.1, 0.15) is 86.6 Å². The first-order valence-corrected chi connectivity index (χ1v) is 41.9. The highest BCUT2D eigenvalue weighted by Crippen LogP contribution is 2.25. The Kier molecular flexibility index (Phi) is 42.4. The van der Waals surface area contributed by atoms with Crippen LogP contribution in [-0.2, 0) is 95.9 Å². The van der Waals surface area contributed by atoms with Gasteiger partial charge in [-0.1, -0.05) is 69.2 Å². The zero-order valence-electron chi connectivity index (χ0n) is 77.0. The van der Waals surface area contributed by atoms with Gasteiger partial charge in [0.05, 0.1) is 25.7 Å². The molecule has 41 nitrogen and oxygen atoms in total. The summed E-state index contributed by atoms with van der Waals surface area (Å²) in [6.45, 7) is 37.4. The molecular weight excluding hydrogens is 1600 g/mol. The molecule has 0 unspecified atom stereocenters. The molecule has 698 valence electrons. The average Bonchev–Trinajstić information content (AvgIpc) is 1.75. The third-order valence-electron chi connectivity index (χ3n) is 20.6. The normalized spacial score (nSPS) is 15.9. The van der Waals surface area contributed by atoms with E-state index in [0.717, 1.165) is 0 Å². The number of rotatable bonds is 51. The van der Waals surface area contributed by atoms with Gasteiger partial charge in [-0.05, 0) is 192 Å². The molecule has 1 fully saturated rings. The molecule has 0 aliphatic carbocycles. The van der Waals surface area contributed by atoms with Crippen molar-refractivity contribution in [1.29, 1.82) is 0 Å². The second-order valence-electron chi connectivity index (χ2n) is 37.1. The first kappa shape index (κ1) is 110.